The predicted octanol–water partition coefficient (Wildman–Crippen LogP) is 2.84. The van der Waals surface area contributed by atoms with E-state index >= 15 is 0 Å². The number of nitrogens with zero attached hydrogens (tertiary/aromatic N) is 1. The molecule has 1 aliphatic heterocycles. The fourth-order valence-corrected chi connectivity index (χ4v) is 2.86. The van der Waals surface area contributed by atoms with Crippen LogP contribution >= 0.6 is 11.6 Å². The topological polar surface area (TPSA) is 38.5 Å². The zero-order valence-electron chi connectivity index (χ0n) is 11.7. The van der Waals surface area contributed by atoms with Crippen molar-refractivity contribution in [3.63, 3.8) is 0 Å². The first kappa shape index (κ1) is 14.8. The number of hydrogen-bond acceptors (Lipinski definition) is 3. The summed E-state index contributed by atoms with van der Waals surface area (Å²) in [5, 5.41) is 0.763. The molecular formula is C15H23ClN2O. The van der Waals surface area contributed by atoms with Gasteiger partial charge in [0.25, 0.3) is 0 Å². The van der Waals surface area contributed by atoms with Gasteiger partial charge in [-0.05, 0) is 37.6 Å². The van der Waals surface area contributed by atoms with Gasteiger partial charge in [-0.3, -0.25) is 4.90 Å². The summed E-state index contributed by atoms with van der Waals surface area (Å²) in [5.41, 5.74) is 7.57. The molecule has 0 spiro atoms. The standard InChI is InChI=1S/C15H23ClN2O/c1-3-14(17)15(11-4-6-12(16)7-5-11)18(2)13-8-9-19-10-13/h4-7,13-15H,3,8-10,17H2,1-2H3. The molecular weight excluding hydrogens is 260 g/mol. The lowest BCUT2D eigenvalue weighted by molar-refractivity contribution is 0.119. The average molecular weight is 283 g/mol. The molecule has 1 aromatic rings. The molecule has 0 saturated carbocycles. The Labute approximate surface area is 120 Å². The van der Waals surface area contributed by atoms with Crippen molar-refractivity contribution in [2.45, 2.75) is 37.9 Å². The van der Waals surface area contributed by atoms with Crippen molar-refractivity contribution in [1.29, 1.82) is 0 Å². The van der Waals surface area contributed by atoms with Gasteiger partial charge >= 0.3 is 0 Å². The molecule has 2 N–H and O–H groups in total. The van der Waals surface area contributed by atoms with E-state index in [1.165, 1.54) is 5.56 Å². The summed E-state index contributed by atoms with van der Waals surface area (Å²) in [4.78, 5) is 2.37. The molecule has 3 nitrogen and oxygen atoms in total. The number of nitrogens with two attached hydrogens (primary N) is 1. The zero-order valence-corrected chi connectivity index (χ0v) is 12.4. The van der Waals surface area contributed by atoms with E-state index in [-0.39, 0.29) is 12.1 Å². The fraction of sp³-hybridized carbons (Fsp3) is 0.600. The lowest BCUT2D eigenvalue weighted by Gasteiger charge is -2.36. The van der Waals surface area contributed by atoms with Gasteiger partial charge in [-0.1, -0.05) is 30.7 Å². The van der Waals surface area contributed by atoms with Gasteiger partial charge in [0, 0.05) is 29.8 Å². The normalized spacial score (nSPS) is 22.7. The molecule has 0 bridgehead atoms. The minimum atomic E-state index is 0.117. The first-order valence-electron chi connectivity index (χ1n) is 6.94. The molecule has 3 atom stereocenters. The molecule has 4 heteroatoms. The molecule has 19 heavy (non-hydrogen) atoms. The maximum Gasteiger partial charge on any atom is 0.0622 e. The van der Waals surface area contributed by atoms with Crippen molar-refractivity contribution in [2.75, 3.05) is 20.3 Å². The fourth-order valence-electron chi connectivity index (χ4n) is 2.74. The van der Waals surface area contributed by atoms with Crippen LogP contribution in [0.3, 0.4) is 0 Å². The third-order valence-corrected chi connectivity index (χ3v) is 4.26. The highest BCUT2D eigenvalue weighted by Crippen LogP contribution is 2.29. The van der Waals surface area contributed by atoms with Gasteiger partial charge in [-0.2, -0.15) is 0 Å². The second-order valence-electron chi connectivity index (χ2n) is 5.25. The van der Waals surface area contributed by atoms with Crippen molar-refractivity contribution in [2.24, 2.45) is 5.73 Å². The lowest BCUT2D eigenvalue weighted by Crippen LogP contribution is -2.44. The highest BCUT2D eigenvalue weighted by atomic mass is 35.5. The van der Waals surface area contributed by atoms with E-state index in [0.29, 0.717) is 6.04 Å². The van der Waals surface area contributed by atoms with Crippen LogP contribution in [0.15, 0.2) is 24.3 Å². The molecule has 1 aromatic carbocycles. The average Bonchev–Trinajstić information content (AvgIpc) is 2.95. The van der Waals surface area contributed by atoms with Crippen LogP contribution in [-0.2, 0) is 4.74 Å². The molecule has 1 aliphatic rings. The van der Waals surface area contributed by atoms with E-state index in [4.69, 9.17) is 22.1 Å². The van der Waals surface area contributed by atoms with E-state index in [9.17, 15) is 0 Å². The number of halogens is 1. The lowest BCUT2D eigenvalue weighted by atomic mass is 9.95. The molecule has 3 unspecified atom stereocenters. The van der Waals surface area contributed by atoms with Gasteiger partial charge in [0.15, 0.2) is 0 Å². The van der Waals surface area contributed by atoms with Crippen LogP contribution < -0.4 is 5.73 Å². The number of benzene rings is 1. The Bertz CT molecular complexity index is 390. The largest absolute Gasteiger partial charge is 0.380 e. The number of ether oxygens (including phenoxy) is 1. The zero-order chi connectivity index (χ0) is 13.8. The smallest absolute Gasteiger partial charge is 0.0622 e. The molecule has 1 saturated heterocycles. The molecule has 1 fully saturated rings. The number of hydrogen-bond donors (Lipinski definition) is 1. The summed E-state index contributed by atoms with van der Waals surface area (Å²) in [6.45, 7) is 3.79. The van der Waals surface area contributed by atoms with Gasteiger partial charge in [-0.25, -0.2) is 0 Å². The van der Waals surface area contributed by atoms with E-state index in [1.807, 2.05) is 12.1 Å². The molecule has 106 valence electrons. The maximum absolute atomic E-state index is 6.34. The minimum Gasteiger partial charge on any atom is -0.380 e. The number of likely N-dealkylation sites (N-methyl/N-ethyl adjacent to an activating group) is 1. The second-order valence-corrected chi connectivity index (χ2v) is 5.69. The summed E-state index contributed by atoms with van der Waals surface area (Å²) < 4.78 is 5.49. The van der Waals surface area contributed by atoms with Gasteiger partial charge in [0.2, 0.25) is 0 Å². The Morgan fingerprint density at radius 1 is 1.42 bits per heavy atom. The number of rotatable bonds is 5. The Balaban J connectivity index is 2.21. The first-order chi connectivity index (χ1) is 9.13. The van der Waals surface area contributed by atoms with E-state index in [0.717, 1.165) is 31.1 Å². The monoisotopic (exact) mass is 282 g/mol. The quantitative estimate of drug-likeness (QED) is 0.902. The van der Waals surface area contributed by atoms with Crippen molar-refractivity contribution in [3.8, 4) is 0 Å². The van der Waals surface area contributed by atoms with Gasteiger partial charge in [0.05, 0.1) is 6.61 Å². The van der Waals surface area contributed by atoms with E-state index < -0.39 is 0 Å². The molecule has 0 radical (unpaired) electrons. The van der Waals surface area contributed by atoms with Crippen LogP contribution in [0, 0.1) is 0 Å². The summed E-state index contributed by atoms with van der Waals surface area (Å²) >= 11 is 5.97. The van der Waals surface area contributed by atoms with Crippen LogP contribution in [-0.4, -0.2) is 37.2 Å². The van der Waals surface area contributed by atoms with Gasteiger partial charge in [-0.15, -0.1) is 0 Å². The molecule has 0 aliphatic carbocycles. The van der Waals surface area contributed by atoms with Crippen molar-refractivity contribution < 1.29 is 4.74 Å². The third-order valence-electron chi connectivity index (χ3n) is 4.01. The Morgan fingerprint density at radius 2 is 2.11 bits per heavy atom. The van der Waals surface area contributed by atoms with E-state index in [2.05, 4.69) is 31.0 Å². The summed E-state index contributed by atoms with van der Waals surface area (Å²) in [5.74, 6) is 0. The SMILES string of the molecule is CCC(N)C(c1ccc(Cl)cc1)N(C)C1CCOC1. The van der Waals surface area contributed by atoms with Crippen molar-refractivity contribution in [3.05, 3.63) is 34.9 Å². The van der Waals surface area contributed by atoms with Crippen LogP contribution in [0.1, 0.15) is 31.4 Å². The van der Waals surface area contributed by atoms with Crippen molar-refractivity contribution >= 4 is 11.6 Å². The van der Waals surface area contributed by atoms with Crippen molar-refractivity contribution in [1.82, 2.24) is 4.90 Å². The molecule has 0 amide bonds. The highest BCUT2D eigenvalue weighted by Gasteiger charge is 2.30. The minimum absolute atomic E-state index is 0.117. The maximum atomic E-state index is 6.34. The molecule has 1 heterocycles. The van der Waals surface area contributed by atoms with E-state index in [1.54, 1.807) is 0 Å². The van der Waals surface area contributed by atoms with Crippen LogP contribution in [0.25, 0.3) is 0 Å². The van der Waals surface area contributed by atoms with Gasteiger partial charge in [0.1, 0.15) is 0 Å². The summed E-state index contributed by atoms with van der Waals surface area (Å²) in [6, 6.07) is 8.82. The Kier molecular flexibility index (Phi) is 5.22. The Morgan fingerprint density at radius 3 is 2.63 bits per heavy atom. The van der Waals surface area contributed by atoms with Crippen LogP contribution in [0.2, 0.25) is 5.02 Å². The van der Waals surface area contributed by atoms with Gasteiger partial charge < -0.3 is 10.5 Å². The Hall–Kier alpha value is -0.610. The van der Waals surface area contributed by atoms with Crippen LogP contribution in [0.5, 0.6) is 0 Å². The highest BCUT2D eigenvalue weighted by molar-refractivity contribution is 6.30. The molecule has 2 rings (SSSR count). The summed E-state index contributed by atoms with van der Waals surface area (Å²) in [6.07, 6.45) is 2.03. The van der Waals surface area contributed by atoms with Crippen LogP contribution in [0.4, 0.5) is 0 Å². The predicted molar refractivity (Wildman–Crippen MR) is 79.4 cm³/mol. The third kappa shape index (κ3) is 3.48. The molecule has 0 aromatic heterocycles. The first-order valence-corrected chi connectivity index (χ1v) is 7.32. The second kappa shape index (κ2) is 6.71. The summed E-state index contributed by atoms with van der Waals surface area (Å²) in [7, 11) is 2.15.